The van der Waals surface area contributed by atoms with Gasteiger partial charge in [0.1, 0.15) is 11.6 Å². The number of rotatable bonds is 9. The summed E-state index contributed by atoms with van der Waals surface area (Å²) in [5.74, 6) is -2.35. The number of halogens is 5. The lowest BCUT2D eigenvalue weighted by molar-refractivity contribution is -0.327. The van der Waals surface area contributed by atoms with Crippen molar-refractivity contribution in [2.24, 2.45) is 5.92 Å². The summed E-state index contributed by atoms with van der Waals surface area (Å²) in [6, 6.07) is 3.75. The molecule has 1 aliphatic rings. The first-order valence-corrected chi connectivity index (χ1v) is 8.98. The maximum Gasteiger partial charge on any atom is 0.522 e. The van der Waals surface area contributed by atoms with E-state index >= 15 is 0 Å². The van der Waals surface area contributed by atoms with E-state index in [2.05, 4.69) is 16.6 Å². The molecule has 1 saturated heterocycles. The summed E-state index contributed by atoms with van der Waals surface area (Å²) < 4.78 is 58.4. The molecule has 1 aromatic carbocycles. The molecule has 0 radical (unpaired) electrons. The predicted octanol–water partition coefficient (Wildman–Crippen LogP) is 3.26. The molecule has 0 unspecified atom stereocenters. The fourth-order valence-electron chi connectivity index (χ4n) is 2.66. The van der Waals surface area contributed by atoms with Gasteiger partial charge >= 0.3 is 6.36 Å². The molecule has 1 aromatic rings. The van der Waals surface area contributed by atoms with E-state index < -0.39 is 36.5 Å². The van der Waals surface area contributed by atoms with Crippen LogP contribution in [0.2, 0.25) is 5.02 Å². The van der Waals surface area contributed by atoms with Crippen LogP contribution in [-0.2, 0) is 14.3 Å². The van der Waals surface area contributed by atoms with Crippen molar-refractivity contribution in [1.82, 2.24) is 10.2 Å². The first-order chi connectivity index (χ1) is 13.5. The van der Waals surface area contributed by atoms with Crippen LogP contribution in [0.4, 0.5) is 17.6 Å². The zero-order valence-corrected chi connectivity index (χ0v) is 16.0. The number of hydrogen-bond donors (Lipinski definition) is 1. The van der Waals surface area contributed by atoms with Gasteiger partial charge in [0.2, 0.25) is 5.91 Å². The average Bonchev–Trinajstić information content (AvgIpc) is 2.98. The van der Waals surface area contributed by atoms with Crippen LogP contribution < -0.4 is 10.1 Å². The van der Waals surface area contributed by atoms with Gasteiger partial charge in [-0.3, -0.25) is 14.3 Å². The third-order valence-electron chi connectivity index (χ3n) is 4.12. The number of nitrogens with one attached hydrogen (secondary N) is 1. The number of hydrogen-bond acceptors (Lipinski definition) is 4. The Labute approximate surface area is 169 Å². The van der Waals surface area contributed by atoms with Gasteiger partial charge in [-0.15, -0.1) is 13.2 Å². The van der Waals surface area contributed by atoms with Gasteiger partial charge in [-0.25, -0.2) is 4.39 Å². The van der Waals surface area contributed by atoms with Crippen LogP contribution in [0.5, 0.6) is 5.75 Å². The Morgan fingerprint density at radius 2 is 2.10 bits per heavy atom. The quantitative estimate of drug-likeness (QED) is 0.601. The molecule has 0 spiro atoms. The van der Waals surface area contributed by atoms with Gasteiger partial charge < -0.3 is 15.0 Å². The summed E-state index contributed by atoms with van der Waals surface area (Å²) in [5, 5.41) is 2.41. The van der Waals surface area contributed by atoms with E-state index in [1.807, 2.05) is 0 Å². The second-order valence-corrected chi connectivity index (χ2v) is 6.74. The van der Waals surface area contributed by atoms with Gasteiger partial charge in [0.05, 0.1) is 17.5 Å². The number of carbonyl (C=O) groups excluding carboxylic acids is 2. The standard InChI is InChI=1S/C18H19ClF4N2O4/c1-11(24-16(26)10-28-13-2-3-14(19)15(20)8-13)4-6-25-7-5-12(17(25)27)9-29-18(21,22)23/h2-3,8,12H,1,4-7,9-10H2,(H,24,26)/t12-/m1/s1. The van der Waals surface area contributed by atoms with Crippen molar-refractivity contribution >= 4 is 23.4 Å². The zero-order chi connectivity index (χ0) is 21.6. The van der Waals surface area contributed by atoms with E-state index in [1.165, 1.54) is 17.0 Å². The second kappa shape index (κ2) is 9.93. The zero-order valence-electron chi connectivity index (χ0n) is 15.2. The third kappa shape index (κ3) is 7.54. The van der Waals surface area contributed by atoms with Gasteiger partial charge in [-0.2, -0.15) is 0 Å². The Kier molecular flexibility index (Phi) is 7.86. The van der Waals surface area contributed by atoms with Gasteiger partial charge in [-0.05, 0) is 18.6 Å². The lowest BCUT2D eigenvalue weighted by Crippen LogP contribution is -2.33. The van der Waals surface area contributed by atoms with Gasteiger partial charge in [0.15, 0.2) is 6.61 Å². The minimum absolute atomic E-state index is 0.0705. The normalized spacial score (nSPS) is 16.8. The van der Waals surface area contributed by atoms with E-state index in [1.54, 1.807) is 0 Å². The highest BCUT2D eigenvalue weighted by molar-refractivity contribution is 6.30. The number of carbonyl (C=O) groups is 2. The van der Waals surface area contributed by atoms with Crippen LogP contribution in [0.3, 0.4) is 0 Å². The molecule has 0 saturated carbocycles. The molecular weight excluding hydrogens is 420 g/mol. The van der Waals surface area contributed by atoms with Crippen LogP contribution in [0.15, 0.2) is 30.5 Å². The smallest absolute Gasteiger partial charge is 0.484 e. The molecule has 1 atom stereocenters. The van der Waals surface area contributed by atoms with Gasteiger partial charge in [0, 0.05) is 31.3 Å². The third-order valence-corrected chi connectivity index (χ3v) is 4.42. The molecule has 29 heavy (non-hydrogen) atoms. The molecule has 0 bridgehead atoms. The van der Waals surface area contributed by atoms with Crippen molar-refractivity contribution < 1.29 is 36.6 Å². The molecule has 0 aromatic heterocycles. The summed E-state index contributed by atoms with van der Waals surface area (Å²) in [6.45, 7) is 3.08. The number of alkyl halides is 3. The number of likely N-dealkylation sites (tertiary alicyclic amines) is 1. The Morgan fingerprint density at radius 1 is 1.38 bits per heavy atom. The Balaban J connectivity index is 1.69. The molecular formula is C18H19ClF4N2O4. The molecule has 1 fully saturated rings. The van der Waals surface area contributed by atoms with E-state index in [9.17, 15) is 27.2 Å². The number of benzene rings is 1. The van der Waals surface area contributed by atoms with E-state index in [4.69, 9.17) is 16.3 Å². The summed E-state index contributed by atoms with van der Waals surface area (Å²) in [6.07, 6.45) is -4.29. The maximum absolute atomic E-state index is 13.3. The molecule has 160 valence electrons. The minimum Gasteiger partial charge on any atom is -0.484 e. The van der Waals surface area contributed by atoms with Crippen LogP contribution in [0.1, 0.15) is 12.8 Å². The predicted molar refractivity (Wildman–Crippen MR) is 95.5 cm³/mol. The lowest BCUT2D eigenvalue weighted by atomic mass is 10.1. The van der Waals surface area contributed by atoms with Crippen molar-refractivity contribution in [3.05, 3.63) is 41.3 Å². The SMILES string of the molecule is C=C(CCN1CC[C@H](COC(F)(F)F)C1=O)NC(=O)COc1ccc(Cl)c(F)c1. The highest BCUT2D eigenvalue weighted by Gasteiger charge is 2.36. The van der Waals surface area contributed by atoms with Crippen LogP contribution in [-0.4, -0.2) is 49.4 Å². The molecule has 2 rings (SSSR count). The maximum atomic E-state index is 13.3. The number of amides is 2. The highest BCUT2D eigenvalue weighted by atomic mass is 35.5. The van der Waals surface area contributed by atoms with Crippen molar-refractivity contribution in [2.75, 3.05) is 26.3 Å². The number of ether oxygens (including phenoxy) is 2. The second-order valence-electron chi connectivity index (χ2n) is 6.33. The Hall–Kier alpha value is -2.33. The van der Waals surface area contributed by atoms with E-state index in [0.717, 1.165) is 6.07 Å². The molecule has 1 N–H and O–H groups in total. The Morgan fingerprint density at radius 3 is 2.76 bits per heavy atom. The van der Waals surface area contributed by atoms with Gasteiger partial charge in [-0.1, -0.05) is 18.2 Å². The summed E-state index contributed by atoms with van der Waals surface area (Å²) in [4.78, 5) is 25.3. The molecule has 11 heteroatoms. The van der Waals surface area contributed by atoms with Gasteiger partial charge in [0.25, 0.3) is 5.91 Å². The molecule has 1 aliphatic heterocycles. The molecule has 2 amide bonds. The first kappa shape index (κ1) is 23.0. The van der Waals surface area contributed by atoms with Crippen molar-refractivity contribution in [2.45, 2.75) is 19.2 Å². The molecule has 1 heterocycles. The van der Waals surface area contributed by atoms with Crippen molar-refractivity contribution in [3.63, 3.8) is 0 Å². The van der Waals surface area contributed by atoms with E-state index in [-0.39, 0.29) is 36.8 Å². The fourth-order valence-corrected chi connectivity index (χ4v) is 2.77. The van der Waals surface area contributed by atoms with E-state index in [0.29, 0.717) is 12.2 Å². The van der Waals surface area contributed by atoms with Crippen molar-refractivity contribution in [1.29, 1.82) is 0 Å². The molecule has 0 aliphatic carbocycles. The lowest BCUT2D eigenvalue weighted by Gasteiger charge is -2.18. The summed E-state index contributed by atoms with van der Waals surface area (Å²) in [5.41, 5.74) is 0.309. The van der Waals surface area contributed by atoms with Crippen molar-refractivity contribution in [3.8, 4) is 5.75 Å². The van der Waals surface area contributed by atoms with Crippen LogP contribution in [0.25, 0.3) is 0 Å². The number of nitrogens with zero attached hydrogens (tertiary/aromatic N) is 1. The topological polar surface area (TPSA) is 67.9 Å². The van der Waals surface area contributed by atoms with Crippen LogP contribution in [0, 0.1) is 11.7 Å². The summed E-state index contributed by atoms with van der Waals surface area (Å²) in [7, 11) is 0. The monoisotopic (exact) mass is 438 g/mol. The largest absolute Gasteiger partial charge is 0.522 e. The average molecular weight is 439 g/mol. The summed E-state index contributed by atoms with van der Waals surface area (Å²) >= 11 is 5.55. The first-order valence-electron chi connectivity index (χ1n) is 8.60. The molecule has 6 nitrogen and oxygen atoms in total. The fraction of sp³-hybridized carbons (Fsp3) is 0.444. The minimum atomic E-state index is -4.77. The van der Waals surface area contributed by atoms with Crippen LogP contribution >= 0.6 is 11.6 Å². The Bertz CT molecular complexity index is 773. The highest BCUT2D eigenvalue weighted by Crippen LogP contribution is 2.24.